The molecule has 4 heteroatoms. The third-order valence-electron chi connectivity index (χ3n) is 3.88. The molecule has 0 spiro atoms. The van der Waals surface area contributed by atoms with Gasteiger partial charge in [0.05, 0.1) is 5.75 Å². The molecule has 1 aliphatic rings. The number of thioether (sulfide) groups is 1. The molecule has 2 aromatic carbocycles. The van der Waals surface area contributed by atoms with Crippen LogP contribution in [-0.2, 0) is 4.79 Å². The highest BCUT2D eigenvalue weighted by molar-refractivity contribution is 8.00. The first kappa shape index (κ1) is 15.0. The number of amides is 1. The first-order valence-corrected chi connectivity index (χ1v) is 8.51. The molecule has 1 amide bonds. The molecule has 3 rings (SSSR count). The summed E-state index contributed by atoms with van der Waals surface area (Å²) >= 11 is 1.66. The number of carbonyl (C=O) groups excluding carboxylic acids is 1. The third kappa shape index (κ3) is 2.71. The van der Waals surface area contributed by atoms with Crippen LogP contribution in [0.3, 0.4) is 0 Å². The zero-order valence-electron chi connectivity index (χ0n) is 12.8. The number of hydrogen-bond acceptors (Lipinski definition) is 3. The van der Waals surface area contributed by atoms with Crippen molar-refractivity contribution in [3.63, 3.8) is 0 Å². The van der Waals surface area contributed by atoms with Crippen LogP contribution in [0.25, 0.3) is 0 Å². The summed E-state index contributed by atoms with van der Waals surface area (Å²) in [4.78, 5) is 14.4. The summed E-state index contributed by atoms with van der Waals surface area (Å²) in [5, 5.41) is -0.00380. The van der Waals surface area contributed by atoms with E-state index in [0.717, 1.165) is 16.9 Å². The maximum Gasteiger partial charge on any atom is 0.238 e. The molecule has 0 radical (unpaired) electrons. The minimum absolute atomic E-state index is 0.00380. The molecule has 1 atom stereocenters. The van der Waals surface area contributed by atoms with Crippen molar-refractivity contribution in [1.29, 1.82) is 0 Å². The summed E-state index contributed by atoms with van der Waals surface area (Å²) in [6.45, 7) is 4.31. The molecule has 0 aromatic heterocycles. The normalized spacial score (nSPS) is 18.2. The zero-order chi connectivity index (χ0) is 15.7. The lowest BCUT2D eigenvalue weighted by Gasteiger charge is -2.27. The molecule has 2 N–H and O–H groups in total. The molecule has 1 aliphatic heterocycles. The van der Waals surface area contributed by atoms with Crippen molar-refractivity contribution < 1.29 is 4.79 Å². The average molecular weight is 312 g/mol. The Labute approximate surface area is 135 Å². The largest absolute Gasteiger partial charge is 0.399 e. The fraction of sp³-hybridized carbons (Fsp3) is 0.278. The summed E-state index contributed by atoms with van der Waals surface area (Å²) in [7, 11) is 0. The van der Waals surface area contributed by atoms with Crippen molar-refractivity contribution in [2.45, 2.75) is 25.1 Å². The Hall–Kier alpha value is -1.94. The smallest absolute Gasteiger partial charge is 0.238 e. The second-order valence-electron chi connectivity index (χ2n) is 5.81. The number of hydrogen-bond donors (Lipinski definition) is 1. The SMILES string of the molecule is CC(C)c1ccccc1N1C(=O)CSC1c1cccc(N)c1. The predicted octanol–water partition coefficient (Wildman–Crippen LogP) is 4.17. The average Bonchev–Trinajstić information content (AvgIpc) is 2.89. The Kier molecular flexibility index (Phi) is 4.12. The van der Waals surface area contributed by atoms with Crippen LogP contribution < -0.4 is 10.6 Å². The minimum atomic E-state index is -0.00380. The lowest BCUT2D eigenvalue weighted by atomic mass is 10.00. The number of rotatable bonds is 3. The van der Waals surface area contributed by atoms with Crippen molar-refractivity contribution in [3.05, 3.63) is 59.7 Å². The van der Waals surface area contributed by atoms with Gasteiger partial charge in [0, 0.05) is 11.4 Å². The van der Waals surface area contributed by atoms with Crippen LogP contribution in [0.4, 0.5) is 11.4 Å². The van der Waals surface area contributed by atoms with Gasteiger partial charge in [-0.05, 0) is 35.2 Å². The molecule has 0 saturated carbocycles. The fourth-order valence-corrected chi connectivity index (χ4v) is 4.00. The standard InChI is InChI=1S/C18H20N2OS/c1-12(2)15-8-3-4-9-16(15)20-17(21)11-22-18(20)13-6-5-7-14(19)10-13/h3-10,12,18H,11,19H2,1-2H3. The molecule has 2 aromatic rings. The number of para-hydroxylation sites is 1. The van der Waals surface area contributed by atoms with E-state index >= 15 is 0 Å². The van der Waals surface area contributed by atoms with Crippen LogP contribution in [0.1, 0.15) is 36.3 Å². The van der Waals surface area contributed by atoms with E-state index < -0.39 is 0 Å². The Morgan fingerprint density at radius 1 is 1.18 bits per heavy atom. The van der Waals surface area contributed by atoms with Crippen LogP contribution >= 0.6 is 11.8 Å². The van der Waals surface area contributed by atoms with Crippen LogP contribution in [-0.4, -0.2) is 11.7 Å². The van der Waals surface area contributed by atoms with Crippen molar-refractivity contribution in [3.8, 4) is 0 Å². The van der Waals surface area contributed by atoms with E-state index in [-0.39, 0.29) is 11.3 Å². The Morgan fingerprint density at radius 3 is 2.68 bits per heavy atom. The Balaban J connectivity index is 2.06. The lowest BCUT2D eigenvalue weighted by molar-refractivity contribution is -0.115. The molecule has 3 nitrogen and oxygen atoms in total. The number of anilines is 2. The fourth-order valence-electron chi connectivity index (χ4n) is 2.84. The van der Waals surface area contributed by atoms with E-state index in [0.29, 0.717) is 11.7 Å². The van der Waals surface area contributed by atoms with Crippen LogP contribution in [0.15, 0.2) is 48.5 Å². The topological polar surface area (TPSA) is 46.3 Å². The van der Waals surface area contributed by atoms with E-state index in [4.69, 9.17) is 5.73 Å². The monoisotopic (exact) mass is 312 g/mol. The van der Waals surface area contributed by atoms with E-state index in [1.54, 1.807) is 11.8 Å². The molecule has 1 unspecified atom stereocenters. The molecule has 1 fully saturated rings. The number of benzene rings is 2. The van der Waals surface area contributed by atoms with E-state index in [9.17, 15) is 4.79 Å². The summed E-state index contributed by atoms with van der Waals surface area (Å²) in [6, 6.07) is 16.0. The van der Waals surface area contributed by atoms with Gasteiger partial charge in [0.15, 0.2) is 0 Å². The predicted molar refractivity (Wildman–Crippen MR) is 94.1 cm³/mol. The van der Waals surface area contributed by atoms with Gasteiger partial charge < -0.3 is 5.73 Å². The van der Waals surface area contributed by atoms with Crippen molar-refractivity contribution in [2.24, 2.45) is 0 Å². The zero-order valence-corrected chi connectivity index (χ0v) is 13.6. The summed E-state index contributed by atoms with van der Waals surface area (Å²) in [5.41, 5.74) is 9.93. The maximum absolute atomic E-state index is 12.5. The second kappa shape index (κ2) is 6.05. The molecule has 1 saturated heterocycles. The van der Waals surface area contributed by atoms with Gasteiger partial charge in [0.2, 0.25) is 5.91 Å². The summed E-state index contributed by atoms with van der Waals surface area (Å²) in [5.74, 6) is 1.04. The highest BCUT2D eigenvalue weighted by atomic mass is 32.2. The summed E-state index contributed by atoms with van der Waals surface area (Å²) < 4.78 is 0. The van der Waals surface area contributed by atoms with E-state index in [1.807, 2.05) is 47.4 Å². The maximum atomic E-state index is 12.5. The van der Waals surface area contributed by atoms with E-state index in [2.05, 4.69) is 19.9 Å². The van der Waals surface area contributed by atoms with Gasteiger partial charge in [-0.15, -0.1) is 11.8 Å². The molecule has 1 heterocycles. The van der Waals surface area contributed by atoms with Crippen LogP contribution in [0.2, 0.25) is 0 Å². The number of nitrogens with zero attached hydrogens (tertiary/aromatic N) is 1. The van der Waals surface area contributed by atoms with Gasteiger partial charge >= 0.3 is 0 Å². The first-order chi connectivity index (χ1) is 10.6. The molecule has 0 aliphatic carbocycles. The van der Waals surface area contributed by atoms with Gasteiger partial charge in [0.1, 0.15) is 5.37 Å². The van der Waals surface area contributed by atoms with Crippen LogP contribution in [0.5, 0.6) is 0 Å². The van der Waals surface area contributed by atoms with Gasteiger partial charge in [-0.2, -0.15) is 0 Å². The molecular formula is C18H20N2OS. The van der Waals surface area contributed by atoms with Gasteiger partial charge in [0.25, 0.3) is 0 Å². The van der Waals surface area contributed by atoms with Crippen molar-refractivity contribution in [2.75, 3.05) is 16.4 Å². The third-order valence-corrected chi connectivity index (χ3v) is 5.09. The Bertz CT molecular complexity index is 699. The number of nitrogens with two attached hydrogens (primary N) is 1. The van der Waals surface area contributed by atoms with Gasteiger partial charge in [-0.3, -0.25) is 9.69 Å². The van der Waals surface area contributed by atoms with E-state index in [1.165, 1.54) is 5.56 Å². The van der Waals surface area contributed by atoms with Gasteiger partial charge in [-0.1, -0.05) is 44.2 Å². The Morgan fingerprint density at radius 2 is 1.95 bits per heavy atom. The van der Waals surface area contributed by atoms with Gasteiger partial charge in [-0.25, -0.2) is 0 Å². The first-order valence-electron chi connectivity index (χ1n) is 7.46. The summed E-state index contributed by atoms with van der Waals surface area (Å²) in [6.07, 6.45) is 0. The van der Waals surface area contributed by atoms with Crippen LogP contribution in [0, 0.1) is 0 Å². The highest BCUT2D eigenvalue weighted by Gasteiger charge is 2.35. The number of carbonyl (C=O) groups is 1. The second-order valence-corrected chi connectivity index (χ2v) is 6.88. The molecule has 22 heavy (non-hydrogen) atoms. The highest BCUT2D eigenvalue weighted by Crippen LogP contribution is 2.44. The lowest BCUT2D eigenvalue weighted by Crippen LogP contribution is -2.29. The van der Waals surface area contributed by atoms with Crippen molar-refractivity contribution in [1.82, 2.24) is 0 Å². The van der Waals surface area contributed by atoms with Crippen molar-refractivity contribution >= 4 is 29.0 Å². The minimum Gasteiger partial charge on any atom is -0.399 e. The molecule has 0 bridgehead atoms. The number of nitrogen functional groups attached to an aromatic ring is 1. The molecule has 114 valence electrons. The quantitative estimate of drug-likeness (QED) is 0.865. The molecular weight excluding hydrogens is 292 g/mol.